The molecule has 6 heteroatoms. The molecule has 0 amide bonds. The number of rotatable bonds is 5. The molecule has 5 nitrogen and oxygen atoms in total. The van der Waals surface area contributed by atoms with E-state index in [-0.39, 0.29) is 17.2 Å². The molecule has 0 aliphatic rings. The molecule has 0 bridgehead atoms. The molecule has 0 fully saturated rings. The van der Waals surface area contributed by atoms with E-state index in [1.54, 1.807) is 24.3 Å². The van der Waals surface area contributed by atoms with Gasteiger partial charge in [-0.15, -0.1) is 4.91 Å². The third-order valence-electron chi connectivity index (χ3n) is 2.73. The predicted octanol–water partition coefficient (Wildman–Crippen LogP) is 3.30. The fraction of sp³-hybridized carbons (Fsp3) is 0.143. The fourth-order valence-corrected chi connectivity index (χ4v) is 2.47. The average molecular weight is 291 g/mol. The standard InChI is InChI=1S/C14H13NO4S/c1-11-2-8-14(9-3-11)20(17,18)19-10-12-4-6-13(15-16)7-5-12/h2-9H,10H2,1H3. The zero-order valence-corrected chi connectivity index (χ0v) is 11.6. The molecule has 0 aromatic heterocycles. The molecule has 0 saturated heterocycles. The summed E-state index contributed by atoms with van der Waals surface area (Å²) in [4.78, 5) is 10.4. The van der Waals surface area contributed by atoms with Gasteiger partial charge in [-0.2, -0.15) is 8.42 Å². The SMILES string of the molecule is Cc1ccc(S(=O)(=O)OCc2ccc(N=O)cc2)cc1. The van der Waals surface area contributed by atoms with Crippen LogP contribution < -0.4 is 0 Å². The van der Waals surface area contributed by atoms with Crippen LogP contribution in [-0.2, 0) is 20.9 Å². The van der Waals surface area contributed by atoms with Gasteiger partial charge >= 0.3 is 0 Å². The smallest absolute Gasteiger partial charge is 0.262 e. The highest BCUT2D eigenvalue weighted by Crippen LogP contribution is 2.17. The summed E-state index contributed by atoms with van der Waals surface area (Å²) < 4.78 is 28.9. The minimum atomic E-state index is -3.78. The van der Waals surface area contributed by atoms with Crippen molar-refractivity contribution >= 4 is 15.8 Å². The highest BCUT2D eigenvalue weighted by Gasteiger charge is 2.14. The number of nitroso groups, excluding NO2 is 1. The normalized spacial score (nSPS) is 11.2. The van der Waals surface area contributed by atoms with Crippen LogP contribution in [0.5, 0.6) is 0 Å². The Bertz CT molecular complexity index is 691. The Labute approximate surface area is 117 Å². The van der Waals surface area contributed by atoms with Gasteiger partial charge in [-0.3, -0.25) is 4.18 Å². The van der Waals surface area contributed by atoms with Gasteiger partial charge in [0.1, 0.15) is 5.69 Å². The van der Waals surface area contributed by atoms with Crippen molar-refractivity contribution in [1.29, 1.82) is 0 Å². The molecule has 20 heavy (non-hydrogen) atoms. The van der Waals surface area contributed by atoms with Crippen LogP contribution >= 0.6 is 0 Å². The molecule has 0 radical (unpaired) electrons. The summed E-state index contributed by atoms with van der Waals surface area (Å²) in [6, 6.07) is 12.6. The third-order valence-corrected chi connectivity index (χ3v) is 4.01. The first-order valence-corrected chi connectivity index (χ1v) is 7.30. The van der Waals surface area contributed by atoms with Crippen molar-refractivity contribution < 1.29 is 12.6 Å². The maximum atomic E-state index is 11.9. The lowest BCUT2D eigenvalue weighted by Gasteiger charge is -2.06. The molecule has 2 aromatic carbocycles. The summed E-state index contributed by atoms with van der Waals surface area (Å²) in [5, 5.41) is 2.77. The molecular weight excluding hydrogens is 278 g/mol. The van der Waals surface area contributed by atoms with Gasteiger partial charge in [-0.25, -0.2) is 0 Å². The summed E-state index contributed by atoms with van der Waals surface area (Å²) >= 11 is 0. The van der Waals surface area contributed by atoms with Gasteiger partial charge in [-0.05, 0) is 41.9 Å². The van der Waals surface area contributed by atoms with E-state index in [4.69, 9.17) is 4.18 Å². The van der Waals surface area contributed by atoms with Crippen LogP contribution in [0.4, 0.5) is 5.69 Å². The summed E-state index contributed by atoms with van der Waals surface area (Å²) in [5.41, 5.74) is 1.91. The predicted molar refractivity (Wildman–Crippen MR) is 75.1 cm³/mol. The molecule has 104 valence electrons. The molecule has 2 rings (SSSR count). The lowest BCUT2D eigenvalue weighted by Crippen LogP contribution is -2.06. The average Bonchev–Trinajstić information content (AvgIpc) is 2.46. The Morgan fingerprint density at radius 1 is 1.00 bits per heavy atom. The van der Waals surface area contributed by atoms with Gasteiger partial charge in [0.15, 0.2) is 0 Å². The van der Waals surface area contributed by atoms with Crippen molar-refractivity contribution in [2.75, 3.05) is 0 Å². The van der Waals surface area contributed by atoms with Crippen molar-refractivity contribution in [2.24, 2.45) is 5.18 Å². The molecule has 0 spiro atoms. The van der Waals surface area contributed by atoms with Crippen molar-refractivity contribution in [3.8, 4) is 0 Å². The molecule has 0 aliphatic carbocycles. The topological polar surface area (TPSA) is 72.8 Å². The highest BCUT2D eigenvalue weighted by atomic mass is 32.2. The van der Waals surface area contributed by atoms with E-state index in [1.165, 1.54) is 24.3 Å². The van der Waals surface area contributed by atoms with E-state index in [0.717, 1.165) is 5.56 Å². The molecule has 0 heterocycles. The number of nitrogens with zero attached hydrogens (tertiary/aromatic N) is 1. The van der Waals surface area contributed by atoms with E-state index in [0.29, 0.717) is 5.56 Å². The van der Waals surface area contributed by atoms with Crippen molar-refractivity contribution in [3.05, 3.63) is 64.6 Å². The maximum absolute atomic E-state index is 11.9. The van der Waals surface area contributed by atoms with E-state index in [1.807, 2.05) is 6.92 Å². The van der Waals surface area contributed by atoms with E-state index in [9.17, 15) is 13.3 Å². The lowest BCUT2D eigenvalue weighted by atomic mass is 10.2. The minimum absolute atomic E-state index is 0.0879. The van der Waals surface area contributed by atoms with Crippen LogP contribution in [0.25, 0.3) is 0 Å². The van der Waals surface area contributed by atoms with Crippen LogP contribution in [0, 0.1) is 11.8 Å². The second-order valence-electron chi connectivity index (χ2n) is 4.29. The molecule has 0 atom stereocenters. The molecule has 0 unspecified atom stereocenters. The van der Waals surface area contributed by atoms with Crippen LogP contribution in [0.15, 0.2) is 58.6 Å². The van der Waals surface area contributed by atoms with Crippen LogP contribution in [0.3, 0.4) is 0 Å². The number of benzene rings is 2. The maximum Gasteiger partial charge on any atom is 0.297 e. The molecule has 0 aliphatic heterocycles. The summed E-state index contributed by atoms with van der Waals surface area (Å²) in [5.74, 6) is 0. The van der Waals surface area contributed by atoms with Crippen molar-refractivity contribution in [1.82, 2.24) is 0 Å². The van der Waals surface area contributed by atoms with Crippen LogP contribution in [-0.4, -0.2) is 8.42 Å². The Hall–Kier alpha value is -2.05. The third kappa shape index (κ3) is 3.49. The second-order valence-corrected chi connectivity index (χ2v) is 5.90. The van der Waals surface area contributed by atoms with Gasteiger partial charge in [0.25, 0.3) is 10.1 Å². The molecule has 2 aromatic rings. The van der Waals surface area contributed by atoms with E-state index >= 15 is 0 Å². The highest BCUT2D eigenvalue weighted by molar-refractivity contribution is 7.86. The Balaban J connectivity index is 2.08. The molecule has 0 N–H and O–H groups in total. The van der Waals surface area contributed by atoms with Gasteiger partial charge in [0, 0.05) is 0 Å². The first-order valence-electron chi connectivity index (χ1n) is 5.90. The van der Waals surface area contributed by atoms with Crippen molar-refractivity contribution in [2.45, 2.75) is 18.4 Å². The summed E-state index contributed by atoms with van der Waals surface area (Å²) in [6.45, 7) is 1.79. The quantitative estimate of drug-likeness (QED) is 0.626. The Morgan fingerprint density at radius 2 is 1.60 bits per heavy atom. The molecular formula is C14H13NO4S. The Kier molecular flexibility index (Phi) is 4.26. The zero-order chi connectivity index (χ0) is 14.6. The minimum Gasteiger partial charge on any atom is -0.262 e. The fourth-order valence-electron chi connectivity index (χ4n) is 1.57. The van der Waals surface area contributed by atoms with Crippen molar-refractivity contribution in [3.63, 3.8) is 0 Å². The summed E-state index contributed by atoms with van der Waals surface area (Å²) in [6.07, 6.45) is 0. The summed E-state index contributed by atoms with van der Waals surface area (Å²) in [7, 11) is -3.78. The molecule has 0 saturated carbocycles. The van der Waals surface area contributed by atoms with Gasteiger partial charge < -0.3 is 0 Å². The monoisotopic (exact) mass is 291 g/mol. The van der Waals surface area contributed by atoms with Gasteiger partial charge in [0.2, 0.25) is 0 Å². The lowest BCUT2D eigenvalue weighted by molar-refractivity contribution is 0.308. The zero-order valence-electron chi connectivity index (χ0n) is 10.8. The van der Waals surface area contributed by atoms with Gasteiger partial charge in [-0.1, -0.05) is 29.8 Å². The number of hydrogen-bond acceptors (Lipinski definition) is 5. The number of hydrogen-bond donors (Lipinski definition) is 0. The first kappa shape index (κ1) is 14.4. The van der Waals surface area contributed by atoms with Gasteiger partial charge in [0.05, 0.1) is 11.5 Å². The first-order chi connectivity index (χ1) is 9.51. The van der Waals surface area contributed by atoms with Crippen LogP contribution in [0.1, 0.15) is 11.1 Å². The largest absolute Gasteiger partial charge is 0.297 e. The van der Waals surface area contributed by atoms with E-state index < -0.39 is 10.1 Å². The second kappa shape index (κ2) is 5.94. The van der Waals surface area contributed by atoms with E-state index in [2.05, 4.69) is 5.18 Å². The number of aryl methyl sites for hydroxylation is 1. The van der Waals surface area contributed by atoms with Crippen LogP contribution in [0.2, 0.25) is 0 Å². The Morgan fingerprint density at radius 3 is 2.15 bits per heavy atom.